The molecule has 0 unspecified atom stereocenters. The van der Waals surface area contributed by atoms with Crippen LogP contribution in [0.25, 0.3) is 6.08 Å². The summed E-state index contributed by atoms with van der Waals surface area (Å²) in [6.45, 7) is 0. The molecule has 2 aromatic rings. The highest BCUT2D eigenvalue weighted by atomic mass is 32.1. The Morgan fingerprint density at radius 2 is 1.86 bits per heavy atom. The number of alkyl halides is 3. The molecule has 0 atom stereocenters. The maximum absolute atomic E-state index is 12.5. The van der Waals surface area contributed by atoms with Crippen LogP contribution in [-0.4, -0.2) is 11.9 Å². The summed E-state index contributed by atoms with van der Waals surface area (Å²) < 4.78 is 42.5. The molecule has 2 heterocycles. The Labute approximate surface area is 127 Å². The van der Waals surface area contributed by atoms with E-state index < -0.39 is 17.7 Å². The van der Waals surface area contributed by atoms with Gasteiger partial charge in [-0.1, -0.05) is 0 Å². The lowest BCUT2D eigenvalue weighted by Crippen LogP contribution is -2.08. The summed E-state index contributed by atoms with van der Waals surface area (Å²) in [6.07, 6.45) is -2.84. The third kappa shape index (κ3) is 2.94. The molecule has 0 spiro atoms. The molecule has 1 aliphatic rings. The van der Waals surface area contributed by atoms with Gasteiger partial charge in [0.25, 0.3) is 0 Å². The van der Waals surface area contributed by atoms with Crippen molar-refractivity contribution in [2.24, 2.45) is 4.99 Å². The highest BCUT2D eigenvalue weighted by Gasteiger charge is 2.31. The van der Waals surface area contributed by atoms with Crippen LogP contribution in [0, 0.1) is 0 Å². The molecule has 1 aliphatic heterocycles. The Morgan fingerprint density at radius 3 is 2.45 bits per heavy atom. The lowest BCUT2D eigenvalue weighted by atomic mass is 10.1. The Bertz CT molecular complexity index is 759. The maximum Gasteiger partial charge on any atom is 0.416 e. The molecule has 0 aliphatic carbocycles. The number of esters is 1. The predicted molar refractivity (Wildman–Crippen MR) is 76.4 cm³/mol. The second-order valence-electron chi connectivity index (χ2n) is 4.47. The monoisotopic (exact) mass is 323 g/mol. The van der Waals surface area contributed by atoms with Crippen molar-refractivity contribution in [3.05, 3.63) is 63.5 Å². The first kappa shape index (κ1) is 14.5. The van der Waals surface area contributed by atoms with Gasteiger partial charge >= 0.3 is 12.1 Å². The fraction of sp³-hybridized carbons (Fsp3) is 0.0667. The van der Waals surface area contributed by atoms with Crippen LogP contribution < -0.4 is 0 Å². The number of aliphatic imine (C=N–C) groups is 1. The lowest BCUT2D eigenvalue weighted by Gasteiger charge is -2.06. The van der Waals surface area contributed by atoms with E-state index in [0.717, 1.165) is 17.7 Å². The number of rotatable bonds is 2. The first-order chi connectivity index (χ1) is 10.4. The predicted octanol–water partition coefficient (Wildman–Crippen LogP) is 4.11. The number of benzene rings is 1. The normalized spacial score (nSPS) is 16.8. The summed E-state index contributed by atoms with van der Waals surface area (Å²) >= 11 is 1.47. The molecular weight excluding hydrogens is 315 g/mol. The summed E-state index contributed by atoms with van der Waals surface area (Å²) in [5, 5.41) is 3.69. The van der Waals surface area contributed by atoms with E-state index >= 15 is 0 Å². The van der Waals surface area contributed by atoms with Crippen LogP contribution in [0.1, 0.15) is 16.7 Å². The maximum atomic E-state index is 12.5. The zero-order valence-corrected chi connectivity index (χ0v) is 11.7. The second kappa shape index (κ2) is 5.42. The van der Waals surface area contributed by atoms with Gasteiger partial charge in [-0.15, -0.1) is 0 Å². The van der Waals surface area contributed by atoms with Crippen LogP contribution >= 0.6 is 11.3 Å². The number of carbonyl (C=O) groups is 1. The summed E-state index contributed by atoms with van der Waals surface area (Å²) in [7, 11) is 0. The average molecular weight is 323 g/mol. The van der Waals surface area contributed by atoms with Gasteiger partial charge in [0.15, 0.2) is 5.70 Å². The van der Waals surface area contributed by atoms with E-state index in [2.05, 4.69) is 4.99 Å². The van der Waals surface area contributed by atoms with Crippen molar-refractivity contribution in [1.82, 2.24) is 0 Å². The molecule has 0 amide bonds. The molecule has 0 N–H and O–H groups in total. The quantitative estimate of drug-likeness (QED) is 0.616. The molecule has 1 aromatic heterocycles. The van der Waals surface area contributed by atoms with Crippen molar-refractivity contribution < 1.29 is 22.7 Å². The first-order valence-corrected chi connectivity index (χ1v) is 7.10. The molecule has 0 radical (unpaired) electrons. The molecule has 7 heteroatoms. The molecule has 112 valence electrons. The molecule has 3 nitrogen and oxygen atoms in total. The lowest BCUT2D eigenvalue weighted by molar-refractivity contribution is -0.137. The van der Waals surface area contributed by atoms with Crippen LogP contribution in [-0.2, 0) is 15.7 Å². The van der Waals surface area contributed by atoms with Crippen molar-refractivity contribution in [2.75, 3.05) is 0 Å². The van der Waals surface area contributed by atoms with Gasteiger partial charge in [-0.05, 0) is 52.7 Å². The first-order valence-electron chi connectivity index (χ1n) is 6.16. The SMILES string of the molecule is O=C1OC(c2ccc(C(F)(F)F)cc2)=N/C1=C/c1ccsc1. The van der Waals surface area contributed by atoms with Gasteiger partial charge in [0.05, 0.1) is 5.56 Å². The Hall–Kier alpha value is -2.41. The third-order valence-corrected chi connectivity index (χ3v) is 3.63. The summed E-state index contributed by atoms with van der Waals surface area (Å²) in [6, 6.07) is 6.11. The number of hydrogen-bond donors (Lipinski definition) is 0. The van der Waals surface area contributed by atoms with Crippen LogP contribution in [0.5, 0.6) is 0 Å². The van der Waals surface area contributed by atoms with Crippen molar-refractivity contribution in [1.29, 1.82) is 0 Å². The average Bonchev–Trinajstić information content (AvgIpc) is 3.09. The van der Waals surface area contributed by atoms with Gasteiger partial charge in [0.2, 0.25) is 5.90 Å². The highest BCUT2D eigenvalue weighted by Crippen LogP contribution is 2.29. The van der Waals surface area contributed by atoms with Crippen LogP contribution in [0.2, 0.25) is 0 Å². The summed E-state index contributed by atoms with van der Waals surface area (Å²) in [5.74, 6) is -0.624. The molecular formula is C15H8F3NO2S. The standard InChI is InChI=1S/C15H8F3NO2S/c16-15(17,18)11-3-1-10(2-4-11)13-19-12(14(20)21-13)7-9-5-6-22-8-9/h1-8H/b12-7+. The number of carbonyl (C=O) groups excluding carboxylic acids is 1. The van der Waals surface area contributed by atoms with E-state index in [1.807, 2.05) is 16.8 Å². The highest BCUT2D eigenvalue weighted by molar-refractivity contribution is 7.08. The fourth-order valence-electron chi connectivity index (χ4n) is 1.85. The van der Waals surface area contributed by atoms with Crippen LogP contribution in [0.15, 0.2) is 51.8 Å². The Kier molecular flexibility index (Phi) is 3.58. The van der Waals surface area contributed by atoms with Crippen molar-refractivity contribution >= 4 is 29.3 Å². The number of hydrogen-bond acceptors (Lipinski definition) is 4. The van der Waals surface area contributed by atoms with E-state index in [4.69, 9.17) is 4.74 Å². The number of cyclic esters (lactones) is 1. The molecule has 0 bridgehead atoms. The minimum atomic E-state index is -4.41. The van der Waals surface area contributed by atoms with E-state index in [1.54, 1.807) is 6.08 Å². The smallest absolute Gasteiger partial charge is 0.402 e. The minimum absolute atomic E-state index is 0.000189. The number of nitrogens with zero attached hydrogens (tertiary/aromatic N) is 1. The van der Waals surface area contributed by atoms with Crippen LogP contribution in [0.3, 0.4) is 0 Å². The zero-order valence-electron chi connectivity index (χ0n) is 10.9. The topological polar surface area (TPSA) is 38.7 Å². The van der Waals surface area contributed by atoms with Gasteiger partial charge in [-0.2, -0.15) is 24.5 Å². The van der Waals surface area contributed by atoms with Crippen molar-refractivity contribution in [3.8, 4) is 0 Å². The molecule has 0 saturated carbocycles. The number of halogens is 3. The molecule has 3 rings (SSSR count). The van der Waals surface area contributed by atoms with Gasteiger partial charge in [-0.3, -0.25) is 0 Å². The third-order valence-electron chi connectivity index (χ3n) is 2.93. The number of ether oxygens (including phenoxy) is 1. The minimum Gasteiger partial charge on any atom is -0.402 e. The molecule has 0 saturated heterocycles. The van der Waals surface area contributed by atoms with E-state index in [0.29, 0.717) is 5.56 Å². The van der Waals surface area contributed by atoms with Gasteiger partial charge in [-0.25, -0.2) is 9.79 Å². The van der Waals surface area contributed by atoms with Crippen molar-refractivity contribution in [3.63, 3.8) is 0 Å². The molecule has 1 aromatic carbocycles. The fourth-order valence-corrected chi connectivity index (χ4v) is 2.47. The Morgan fingerprint density at radius 1 is 1.14 bits per heavy atom. The van der Waals surface area contributed by atoms with Gasteiger partial charge in [0.1, 0.15) is 0 Å². The Balaban J connectivity index is 1.88. The summed E-state index contributed by atoms with van der Waals surface area (Å²) in [5.41, 5.74) is 0.480. The largest absolute Gasteiger partial charge is 0.416 e. The van der Waals surface area contributed by atoms with Gasteiger partial charge in [0, 0.05) is 5.56 Å². The van der Waals surface area contributed by atoms with E-state index in [9.17, 15) is 18.0 Å². The van der Waals surface area contributed by atoms with Gasteiger partial charge < -0.3 is 4.74 Å². The van der Waals surface area contributed by atoms with Crippen LogP contribution in [0.4, 0.5) is 13.2 Å². The molecule has 22 heavy (non-hydrogen) atoms. The second-order valence-corrected chi connectivity index (χ2v) is 5.25. The zero-order chi connectivity index (χ0) is 15.7. The van der Waals surface area contributed by atoms with E-state index in [-0.39, 0.29) is 11.6 Å². The number of thiophene rings is 1. The van der Waals surface area contributed by atoms with E-state index in [1.165, 1.54) is 23.5 Å². The summed E-state index contributed by atoms with van der Waals surface area (Å²) in [4.78, 5) is 15.8. The van der Waals surface area contributed by atoms with Crippen molar-refractivity contribution in [2.45, 2.75) is 6.18 Å². The molecule has 0 fully saturated rings.